The summed E-state index contributed by atoms with van der Waals surface area (Å²) < 4.78 is 5.54. The Bertz CT molecular complexity index is 413. The molecule has 0 aliphatic carbocycles. The van der Waals surface area contributed by atoms with Crippen LogP contribution in [0.2, 0.25) is 0 Å². The zero-order valence-electron chi connectivity index (χ0n) is 11.1. The molecule has 0 radical (unpaired) electrons. The highest BCUT2D eigenvalue weighted by Gasteiger charge is 2.19. The third kappa shape index (κ3) is 2.52. The summed E-state index contributed by atoms with van der Waals surface area (Å²) in [5.41, 5.74) is 2.83. The fraction of sp³-hybridized carbons (Fsp3) is 0.600. The van der Waals surface area contributed by atoms with E-state index in [-0.39, 0.29) is 0 Å². The predicted molar refractivity (Wildman–Crippen MR) is 73.2 cm³/mol. The van der Waals surface area contributed by atoms with E-state index in [0.717, 1.165) is 44.3 Å². The second-order valence-corrected chi connectivity index (χ2v) is 5.42. The summed E-state index contributed by atoms with van der Waals surface area (Å²) in [5, 5.41) is 3.43. The second-order valence-electron chi connectivity index (χ2n) is 5.42. The molecule has 2 heterocycles. The van der Waals surface area contributed by atoms with Crippen LogP contribution in [0.25, 0.3) is 0 Å². The molecule has 0 bridgehead atoms. The van der Waals surface area contributed by atoms with Gasteiger partial charge in [-0.3, -0.25) is 0 Å². The number of hydrogen-bond donors (Lipinski definition) is 1. The summed E-state index contributed by atoms with van der Waals surface area (Å²) in [6, 6.07) is 7.39. The van der Waals surface area contributed by atoms with E-state index in [4.69, 9.17) is 4.74 Å². The van der Waals surface area contributed by atoms with Crippen molar-refractivity contribution < 1.29 is 4.74 Å². The van der Waals surface area contributed by atoms with Crippen LogP contribution < -0.4 is 10.1 Å². The Balaban J connectivity index is 1.56. The van der Waals surface area contributed by atoms with Crippen LogP contribution in [0.5, 0.6) is 5.75 Å². The normalized spacial score (nSPS) is 22.2. The predicted octanol–water partition coefficient (Wildman–Crippen LogP) is 1.46. The molecule has 1 aromatic carbocycles. The Labute approximate surface area is 109 Å². The van der Waals surface area contributed by atoms with Gasteiger partial charge >= 0.3 is 0 Å². The van der Waals surface area contributed by atoms with Crippen LogP contribution in [0.3, 0.4) is 0 Å². The van der Waals surface area contributed by atoms with Crippen molar-refractivity contribution in [2.75, 3.05) is 33.3 Å². The summed E-state index contributed by atoms with van der Waals surface area (Å²) in [6.45, 7) is 4.32. The molecule has 0 amide bonds. The summed E-state index contributed by atoms with van der Waals surface area (Å²) in [5.74, 6) is 1.09. The van der Waals surface area contributed by atoms with Crippen LogP contribution in [-0.2, 0) is 12.8 Å². The van der Waals surface area contributed by atoms with E-state index in [2.05, 4.69) is 35.5 Å². The molecular formula is C15H22N2O. The van der Waals surface area contributed by atoms with Gasteiger partial charge in [-0.2, -0.15) is 0 Å². The van der Waals surface area contributed by atoms with Gasteiger partial charge in [-0.05, 0) is 43.6 Å². The first kappa shape index (κ1) is 12.0. The van der Waals surface area contributed by atoms with Gasteiger partial charge in [0, 0.05) is 25.6 Å². The van der Waals surface area contributed by atoms with E-state index >= 15 is 0 Å². The lowest BCUT2D eigenvalue weighted by Crippen LogP contribution is -2.34. The summed E-state index contributed by atoms with van der Waals surface area (Å²) in [7, 11) is 2.24. The maximum absolute atomic E-state index is 5.54. The van der Waals surface area contributed by atoms with Crippen LogP contribution in [-0.4, -0.2) is 44.2 Å². The molecule has 3 nitrogen and oxygen atoms in total. The van der Waals surface area contributed by atoms with E-state index in [0.29, 0.717) is 0 Å². The van der Waals surface area contributed by atoms with Crippen molar-refractivity contribution in [2.45, 2.75) is 25.3 Å². The molecule has 0 saturated carbocycles. The molecule has 0 spiro atoms. The first-order valence-electron chi connectivity index (χ1n) is 6.98. The van der Waals surface area contributed by atoms with Crippen molar-refractivity contribution in [3.8, 4) is 5.75 Å². The van der Waals surface area contributed by atoms with Crippen molar-refractivity contribution in [3.05, 3.63) is 29.3 Å². The summed E-state index contributed by atoms with van der Waals surface area (Å²) >= 11 is 0. The first-order valence-corrected chi connectivity index (χ1v) is 6.98. The van der Waals surface area contributed by atoms with Gasteiger partial charge in [0.05, 0.1) is 6.61 Å². The number of nitrogens with zero attached hydrogens (tertiary/aromatic N) is 1. The molecule has 1 saturated heterocycles. The molecule has 18 heavy (non-hydrogen) atoms. The fourth-order valence-corrected chi connectivity index (χ4v) is 2.90. The SMILES string of the molecule is CN(CCc1ccc2c(c1)CCO2)C1CCNC1. The highest BCUT2D eigenvalue weighted by Crippen LogP contribution is 2.26. The lowest BCUT2D eigenvalue weighted by Gasteiger charge is -2.23. The van der Waals surface area contributed by atoms with Crippen LogP contribution in [0.1, 0.15) is 17.5 Å². The average Bonchev–Trinajstić information content (AvgIpc) is 3.05. The van der Waals surface area contributed by atoms with E-state index in [9.17, 15) is 0 Å². The molecule has 2 aliphatic heterocycles. The minimum atomic E-state index is 0.725. The Morgan fingerprint density at radius 1 is 1.44 bits per heavy atom. The Kier molecular flexibility index (Phi) is 3.52. The molecule has 1 N–H and O–H groups in total. The number of fused-ring (bicyclic) bond motifs is 1. The topological polar surface area (TPSA) is 24.5 Å². The zero-order chi connectivity index (χ0) is 12.4. The van der Waals surface area contributed by atoms with Crippen LogP contribution >= 0.6 is 0 Å². The van der Waals surface area contributed by atoms with Gasteiger partial charge in [-0.25, -0.2) is 0 Å². The van der Waals surface area contributed by atoms with E-state index in [1.807, 2.05) is 0 Å². The van der Waals surface area contributed by atoms with Crippen molar-refractivity contribution in [1.29, 1.82) is 0 Å². The van der Waals surface area contributed by atoms with Crippen LogP contribution in [0.4, 0.5) is 0 Å². The molecule has 1 aromatic rings. The highest BCUT2D eigenvalue weighted by molar-refractivity contribution is 5.39. The third-order valence-electron chi connectivity index (χ3n) is 4.16. The van der Waals surface area contributed by atoms with Gasteiger partial charge < -0.3 is 15.0 Å². The number of nitrogens with one attached hydrogen (secondary N) is 1. The molecule has 2 aliphatic rings. The molecular weight excluding hydrogens is 224 g/mol. The van der Waals surface area contributed by atoms with Gasteiger partial charge in [0.25, 0.3) is 0 Å². The van der Waals surface area contributed by atoms with Gasteiger partial charge in [-0.1, -0.05) is 12.1 Å². The molecule has 0 aromatic heterocycles. The van der Waals surface area contributed by atoms with Crippen molar-refractivity contribution >= 4 is 0 Å². The van der Waals surface area contributed by atoms with Gasteiger partial charge in [0.1, 0.15) is 5.75 Å². The quantitative estimate of drug-likeness (QED) is 0.870. The first-order chi connectivity index (χ1) is 8.83. The minimum Gasteiger partial charge on any atom is -0.493 e. The minimum absolute atomic E-state index is 0.725. The number of hydrogen-bond acceptors (Lipinski definition) is 3. The zero-order valence-corrected chi connectivity index (χ0v) is 11.1. The average molecular weight is 246 g/mol. The van der Waals surface area contributed by atoms with Crippen molar-refractivity contribution in [3.63, 3.8) is 0 Å². The molecule has 3 rings (SSSR count). The molecule has 3 heteroatoms. The number of rotatable bonds is 4. The largest absolute Gasteiger partial charge is 0.493 e. The van der Waals surface area contributed by atoms with Gasteiger partial charge in [-0.15, -0.1) is 0 Å². The fourth-order valence-electron chi connectivity index (χ4n) is 2.90. The molecule has 1 fully saturated rings. The van der Waals surface area contributed by atoms with E-state index in [1.54, 1.807) is 0 Å². The summed E-state index contributed by atoms with van der Waals surface area (Å²) in [6.07, 6.45) is 3.50. The monoisotopic (exact) mass is 246 g/mol. The lowest BCUT2D eigenvalue weighted by molar-refractivity contribution is 0.260. The van der Waals surface area contributed by atoms with Crippen molar-refractivity contribution in [2.24, 2.45) is 0 Å². The molecule has 98 valence electrons. The lowest BCUT2D eigenvalue weighted by atomic mass is 10.1. The van der Waals surface area contributed by atoms with Crippen LogP contribution in [0.15, 0.2) is 18.2 Å². The summed E-state index contributed by atoms with van der Waals surface area (Å²) in [4.78, 5) is 2.49. The van der Waals surface area contributed by atoms with Crippen molar-refractivity contribution in [1.82, 2.24) is 10.2 Å². The standard InChI is InChI=1S/C15H22N2O/c1-17(14-4-7-16-11-14)8-5-12-2-3-15-13(10-12)6-9-18-15/h2-3,10,14,16H,4-9,11H2,1H3. The Morgan fingerprint density at radius 3 is 3.22 bits per heavy atom. The Hall–Kier alpha value is -1.06. The number of ether oxygens (including phenoxy) is 1. The molecule has 1 atom stereocenters. The van der Waals surface area contributed by atoms with Gasteiger partial charge in [0.2, 0.25) is 0 Å². The number of likely N-dealkylation sites (N-methyl/N-ethyl adjacent to an activating group) is 1. The van der Waals surface area contributed by atoms with E-state index in [1.165, 1.54) is 24.1 Å². The Morgan fingerprint density at radius 2 is 2.39 bits per heavy atom. The van der Waals surface area contributed by atoms with Crippen LogP contribution in [0, 0.1) is 0 Å². The second kappa shape index (κ2) is 5.29. The van der Waals surface area contributed by atoms with E-state index < -0.39 is 0 Å². The maximum atomic E-state index is 5.54. The maximum Gasteiger partial charge on any atom is 0.122 e. The highest BCUT2D eigenvalue weighted by atomic mass is 16.5. The smallest absolute Gasteiger partial charge is 0.122 e. The van der Waals surface area contributed by atoms with Gasteiger partial charge in [0.15, 0.2) is 0 Å². The number of benzene rings is 1. The molecule has 1 unspecified atom stereocenters. The third-order valence-corrected chi connectivity index (χ3v) is 4.16.